The first-order chi connectivity index (χ1) is 10.9. The van der Waals surface area contributed by atoms with Crippen molar-refractivity contribution in [3.63, 3.8) is 0 Å². The van der Waals surface area contributed by atoms with E-state index in [-0.39, 0.29) is 11.6 Å². The van der Waals surface area contributed by atoms with Gasteiger partial charge >= 0.3 is 0 Å². The molecule has 0 aromatic carbocycles. The van der Waals surface area contributed by atoms with E-state index in [0.717, 1.165) is 24.3 Å². The maximum Gasteiger partial charge on any atom is 0.160 e. The first-order valence-corrected chi connectivity index (χ1v) is 7.58. The van der Waals surface area contributed by atoms with Crippen LogP contribution in [-0.4, -0.2) is 32.2 Å². The lowest BCUT2D eigenvalue weighted by Crippen LogP contribution is -2.73. The van der Waals surface area contributed by atoms with E-state index in [2.05, 4.69) is 37.8 Å². The molecule has 3 unspecified atom stereocenters. The summed E-state index contributed by atoms with van der Waals surface area (Å²) in [4.78, 5) is 9.03. The highest BCUT2D eigenvalue weighted by molar-refractivity contribution is 5.54. The zero-order valence-electron chi connectivity index (χ0n) is 12.0. The van der Waals surface area contributed by atoms with Gasteiger partial charge in [-0.2, -0.15) is 5.10 Å². The number of rotatable bonds is 2. The monoisotopic (exact) mass is 292 g/mol. The lowest BCUT2D eigenvalue weighted by Gasteiger charge is -2.58. The molecule has 6 nitrogen and oxygen atoms in total. The zero-order valence-corrected chi connectivity index (χ0v) is 12.0. The summed E-state index contributed by atoms with van der Waals surface area (Å²) >= 11 is 0. The summed E-state index contributed by atoms with van der Waals surface area (Å²) in [6.07, 6.45) is 6.49. The molecule has 2 bridgehead atoms. The number of nitrogens with one attached hydrogen (secondary N) is 2. The molecule has 3 aliphatic rings. The van der Waals surface area contributed by atoms with Gasteiger partial charge in [0.2, 0.25) is 0 Å². The Hall–Kier alpha value is -2.31. The predicted molar refractivity (Wildman–Crippen MR) is 81.2 cm³/mol. The average molecular weight is 292 g/mol. The number of piperidine rings is 1. The summed E-state index contributed by atoms with van der Waals surface area (Å²) < 4.78 is 1.84. The molecular formula is C16H16N6. The number of piperazine rings is 1. The summed E-state index contributed by atoms with van der Waals surface area (Å²) in [7, 11) is 0. The number of aromatic nitrogens is 4. The average Bonchev–Trinajstić information content (AvgIpc) is 3.03. The van der Waals surface area contributed by atoms with Crippen LogP contribution in [-0.2, 0) is 5.54 Å². The van der Waals surface area contributed by atoms with E-state index in [4.69, 9.17) is 0 Å². The normalized spacial score (nSPS) is 30.2. The fourth-order valence-corrected chi connectivity index (χ4v) is 3.93. The largest absolute Gasteiger partial charge is 0.305 e. The molecule has 6 rings (SSSR count). The summed E-state index contributed by atoms with van der Waals surface area (Å²) in [6, 6.07) is 10.9. The predicted octanol–water partition coefficient (Wildman–Crippen LogP) is 1.03. The third-order valence-electron chi connectivity index (χ3n) is 4.86. The van der Waals surface area contributed by atoms with Gasteiger partial charge in [-0.3, -0.25) is 4.98 Å². The molecule has 110 valence electrons. The van der Waals surface area contributed by atoms with Crippen molar-refractivity contribution in [2.75, 3.05) is 6.54 Å². The molecule has 3 aromatic rings. The molecule has 3 saturated heterocycles. The number of fused-ring (bicyclic) bond motifs is 3. The van der Waals surface area contributed by atoms with Gasteiger partial charge in [0.25, 0.3) is 0 Å². The van der Waals surface area contributed by atoms with Crippen molar-refractivity contribution in [1.82, 2.24) is 30.2 Å². The molecule has 6 heteroatoms. The van der Waals surface area contributed by atoms with E-state index in [1.54, 1.807) is 6.33 Å². The smallest absolute Gasteiger partial charge is 0.160 e. The van der Waals surface area contributed by atoms with Crippen LogP contribution in [0.4, 0.5) is 0 Å². The van der Waals surface area contributed by atoms with E-state index in [1.165, 1.54) is 5.56 Å². The van der Waals surface area contributed by atoms with Crippen LogP contribution in [0.5, 0.6) is 0 Å². The number of hydrogen-bond acceptors (Lipinski definition) is 5. The van der Waals surface area contributed by atoms with Gasteiger partial charge in [-0.15, -0.1) is 0 Å². The molecule has 6 heterocycles. The fraction of sp³-hybridized carbons (Fsp3) is 0.312. The second-order valence-corrected chi connectivity index (χ2v) is 6.06. The maximum absolute atomic E-state index is 4.57. The van der Waals surface area contributed by atoms with Crippen molar-refractivity contribution in [1.29, 1.82) is 0 Å². The SMILES string of the molecule is c1ccc(C2NCC3CC2(c2cccn4ncnc24)N3)nc1. The molecule has 0 amide bonds. The van der Waals surface area contributed by atoms with Crippen molar-refractivity contribution in [2.24, 2.45) is 0 Å². The fourth-order valence-electron chi connectivity index (χ4n) is 3.93. The van der Waals surface area contributed by atoms with Gasteiger partial charge in [0, 0.05) is 30.5 Å². The molecule has 0 radical (unpaired) electrons. The van der Waals surface area contributed by atoms with Crippen LogP contribution < -0.4 is 10.6 Å². The highest BCUT2D eigenvalue weighted by Gasteiger charge is 2.55. The van der Waals surface area contributed by atoms with E-state index >= 15 is 0 Å². The number of nitrogens with zero attached hydrogens (tertiary/aromatic N) is 4. The maximum atomic E-state index is 4.57. The van der Waals surface area contributed by atoms with Gasteiger partial charge in [-0.25, -0.2) is 9.50 Å². The van der Waals surface area contributed by atoms with Crippen molar-refractivity contribution >= 4 is 5.65 Å². The van der Waals surface area contributed by atoms with Gasteiger partial charge in [0.1, 0.15) is 6.33 Å². The topological polar surface area (TPSA) is 67.1 Å². The van der Waals surface area contributed by atoms with Crippen molar-refractivity contribution in [3.05, 3.63) is 60.3 Å². The first-order valence-electron chi connectivity index (χ1n) is 7.58. The summed E-state index contributed by atoms with van der Waals surface area (Å²) in [6.45, 7) is 0.971. The van der Waals surface area contributed by atoms with E-state index < -0.39 is 0 Å². The lowest BCUT2D eigenvalue weighted by atomic mass is 9.67. The Kier molecular flexibility index (Phi) is 2.42. The molecule has 0 saturated carbocycles. The van der Waals surface area contributed by atoms with Crippen LogP contribution in [0.2, 0.25) is 0 Å². The Labute approximate surface area is 127 Å². The second kappa shape index (κ2) is 4.34. The molecule has 3 aliphatic heterocycles. The Morgan fingerprint density at radius 2 is 2.14 bits per heavy atom. The Bertz CT molecular complexity index is 821. The molecule has 2 N–H and O–H groups in total. The van der Waals surface area contributed by atoms with E-state index in [1.807, 2.05) is 35.1 Å². The molecular weight excluding hydrogens is 276 g/mol. The van der Waals surface area contributed by atoms with Crippen LogP contribution in [0.25, 0.3) is 5.65 Å². The summed E-state index contributed by atoms with van der Waals surface area (Å²) in [5.74, 6) is 0. The number of pyridine rings is 2. The molecule has 3 fully saturated rings. The van der Waals surface area contributed by atoms with E-state index in [0.29, 0.717) is 6.04 Å². The van der Waals surface area contributed by atoms with Crippen LogP contribution in [0.1, 0.15) is 23.7 Å². The zero-order chi connectivity index (χ0) is 14.6. The highest BCUT2D eigenvalue weighted by atomic mass is 15.3. The Balaban J connectivity index is 1.69. The van der Waals surface area contributed by atoms with Crippen molar-refractivity contribution < 1.29 is 0 Å². The minimum absolute atomic E-state index is 0.140. The van der Waals surface area contributed by atoms with Gasteiger partial charge in [0.15, 0.2) is 5.65 Å². The van der Waals surface area contributed by atoms with Gasteiger partial charge in [-0.05, 0) is 24.6 Å². The summed E-state index contributed by atoms with van der Waals surface area (Å²) in [5, 5.41) is 11.7. The number of hydrogen-bond donors (Lipinski definition) is 2. The van der Waals surface area contributed by atoms with Crippen LogP contribution in [0.3, 0.4) is 0 Å². The van der Waals surface area contributed by atoms with Gasteiger partial charge in [0.05, 0.1) is 17.3 Å². The first kappa shape index (κ1) is 12.3. The summed E-state index contributed by atoms with van der Waals surface area (Å²) in [5.41, 5.74) is 3.01. The third kappa shape index (κ3) is 1.53. The standard InChI is InChI=1S/C16H16N6/c1-2-6-17-13(5-1)14-16(8-11(21-16)9-18-14)12-4-3-7-22-15(12)19-10-20-22/h1-7,10-11,14,18,21H,8-9H2. The molecule has 3 atom stereocenters. The molecule has 0 aliphatic carbocycles. The Morgan fingerprint density at radius 3 is 3.00 bits per heavy atom. The van der Waals surface area contributed by atoms with Gasteiger partial charge < -0.3 is 10.6 Å². The second-order valence-electron chi connectivity index (χ2n) is 6.06. The Morgan fingerprint density at radius 1 is 1.18 bits per heavy atom. The lowest BCUT2D eigenvalue weighted by molar-refractivity contribution is 0.0348. The van der Waals surface area contributed by atoms with Crippen LogP contribution in [0, 0.1) is 0 Å². The minimum Gasteiger partial charge on any atom is -0.305 e. The third-order valence-corrected chi connectivity index (χ3v) is 4.86. The minimum atomic E-state index is -0.160. The van der Waals surface area contributed by atoms with Gasteiger partial charge in [-0.1, -0.05) is 12.1 Å². The van der Waals surface area contributed by atoms with Crippen LogP contribution in [0.15, 0.2) is 49.1 Å². The van der Waals surface area contributed by atoms with Crippen molar-refractivity contribution in [3.8, 4) is 0 Å². The molecule has 3 aromatic heterocycles. The molecule has 22 heavy (non-hydrogen) atoms. The quantitative estimate of drug-likeness (QED) is 0.738. The van der Waals surface area contributed by atoms with E-state index in [9.17, 15) is 0 Å². The highest BCUT2D eigenvalue weighted by Crippen LogP contribution is 2.48. The van der Waals surface area contributed by atoms with Crippen LogP contribution >= 0.6 is 0 Å². The van der Waals surface area contributed by atoms with Crippen molar-refractivity contribution in [2.45, 2.75) is 24.0 Å². The molecule has 0 spiro atoms.